The lowest BCUT2D eigenvalue weighted by atomic mass is 10.0. The number of halogens is 1. The summed E-state index contributed by atoms with van der Waals surface area (Å²) in [5, 5.41) is 3.56. The van der Waals surface area contributed by atoms with Crippen LogP contribution in [0.25, 0.3) is 0 Å². The van der Waals surface area contributed by atoms with Crippen molar-refractivity contribution in [3.05, 3.63) is 29.6 Å². The zero-order valence-electron chi connectivity index (χ0n) is 12.7. The monoisotopic (exact) mass is 280 g/mol. The Morgan fingerprint density at radius 1 is 1.45 bits per heavy atom. The van der Waals surface area contributed by atoms with Gasteiger partial charge in [0.25, 0.3) is 0 Å². The van der Waals surface area contributed by atoms with Gasteiger partial charge in [-0.3, -0.25) is 4.90 Å². The molecule has 4 heteroatoms. The predicted octanol–water partition coefficient (Wildman–Crippen LogP) is 2.65. The number of hydrogen-bond acceptors (Lipinski definition) is 3. The maximum absolute atomic E-state index is 13.7. The molecule has 20 heavy (non-hydrogen) atoms. The fourth-order valence-electron chi connectivity index (χ4n) is 2.83. The summed E-state index contributed by atoms with van der Waals surface area (Å²) in [6, 6.07) is 5.78. The van der Waals surface area contributed by atoms with Gasteiger partial charge in [0, 0.05) is 32.2 Å². The molecule has 0 saturated carbocycles. The van der Waals surface area contributed by atoms with Crippen LogP contribution >= 0.6 is 0 Å². The summed E-state index contributed by atoms with van der Waals surface area (Å²) in [4.78, 5) is 2.39. The van der Waals surface area contributed by atoms with Crippen molar-refractivity contribution >= 4 is 0 Å². The second-order valence-electron chi connectivity index (χ2n) is 5.98. The maximum atomic E-state index is 13.7. The van der Waals surface area contributed by atoms with E-state index < -0.39 is 0 Å². The summed E-state index contributed by atoms with van der Waals surface area (Å²) in [5.41, 5.74) is 1.01. The van der Waals surface area contributed by atoms with E-state index in [0.717, 1.165) is 31.7 Å². The van der Waals surface area contributed by atoms with Gasteiger partial charge >= 0.3 is 0 Å². The van der Waals surface area contributed by atoms with E-state index in [1.807, 2.05) is 6.07 Å². The number of hydrogen-bond donors (Lipinski definition) is 1. The van der Waals surface area contributed by atoms with E-state index in [4.69, 9.17) is 4.74 Å². The van der Waals surface area contributed by atoms with E-state index >= 15 is 0 Å². The third-order valence-electron chi connectivity index (χ3n) is 3.72. The van der Waals surface area contributed by atoms with E-state index in [1.54, 1.807) is 12.1 Å². The first-order valence-corrected chi connectivity index (χ1v) is 7.36. The highest BCUT2D eigenvalue weighted by molar-refractivity contribution is 5.29. The molecule has 1 aliphatic heterocycles. The minimum Gasteiger partial charge on any atom is -0.494 e. The molecule has 0 spiro atoms. The van der Waals surface area contributed by atoms with Crippen LogP contribution in [0.1, 0.15) is 25.8 Å². The largest absolute Gasteiger partial charge is 0.494 e. The molecular formula is C16H25FN2O. The molecule has 1 atom stereocenters. The third kappa shape index (κ3) is 4.18. The normalized spacial score (nSPS) is 20.4. The van der Waals surface area contributed by atoms with Crippen LogP contribution < -0.4 is 10.1 Å². The van der Waals surface area contributed by atoms with Crippen molar-refractivity contribution in [3.63, 3.8) is 0 Å². The van der Waals surface area contributed by atoms with E-state index in [9.17, 15) is 4.39 Å². The van der Waals surface area contributed by atoms with Crippen LogP contribution in [0.3, 0.4) is 0 Å². The van der Waals surface area contributed by atoms with Gasteiger partial charge in [0.05, 0.1) is 7.11 Å². The summed E-state index contributed by atoms with van der Waals surface area (Å²) in [5.74, 6) is 0.733. The van der Waals surface area contributed by atoms with Crippen LogP contribution in [0.15, 0.2) is 18.2 Å². The molecule has 1 saturated heterocycles. The van der Waals surface area contributed by atoms with Crippen LogP contribution in [0.4, 0.5) is 4.39 Å². The van der Waals surface area contributed by atoms with Crippen molar-refractivity contribution < 1.29 is 9.13 Å². The smallest absolute Gasteiger partial charge is 0.165 e. The average Bonchev–Trinajstić information content (AvgIpc) is 2.38. The number of methoxy groups -OCH3 is 1. The number of rotatable bonds is 5. The Balaban J connectivity index is 1.93. The zero-order valence-corrected chi connectivity index (χ0v) is 12.7. The second kappa shape index (κ2) is 7.04. The predicted molar refractivity (Wildman–Crippen MR) is 79.5 cm³/mol. The molecule has 0 aliphatic carbocycles. The van der Waals surface area contributed by atoms with Crippen LogP contribution in [-0.4, -0.2) is 37.7 Å². The van der Waals surface area contributed by atoms with Crippen molar-refractivity contribution in [2.45, 2.75) is 32.9 Å². The number of benzene rings is 1. The molecular weight excluding hydrogens is 255 g/mol. The van der Waals surface area contributed by atoms with Gasteiger partial charge in [-0.05, 0) is 30.0 Å². The average molecular weight is 280 g/mol. The molecule has 0 bridgehead atoms. The van der Waals surface area contributed by atoms with Gasteiger partial charge in [0.1, 0.15) is 0 Å². The fraction of sp³-hybridized carbons (Fsp3) is 0.625. The Labute approximate surface area is 121 Å². The molecule has 112 valence electrons. The Morgan fingerprint density at radius 3 is 2.90 bits per heavy atom. The molecule has 1 N–H and O–H groups in total. The van der Waals surface area contributed by atoms with Crippen molar-refractivity contribution in [1.82, 2.24) is 10.2 Å². The summed E-state index contributed by atoms with van der Waals surface area (Å²) >= 11 is 0. The molecule has 0 aromatic heterocycles. The number of ether oxygens (including phenoxy) is 1. The number of nitrogens with zero attached hydrogens (tertiary/aromatic N) is 1. The van der Waals surface area contributed by atoms with E-state index in [0.29, 0.717) is 17.7 Å². The highest BCUT2D eigenvalue weighted by Gasteiger charge is 2.20. The first kappa shape index (κ1) is 15.3. The Bertz CT molecular complexity index is 436. The zero-order chi connectivity index (χ0) is 14.5. The van der Waals surface area contributed by atoms with E-state index in [1.165, 1.54) is 13.5 Å². The first-order chi connectivity index (χ1) is 9.58. The van der Waals surface area contributed by atoms with Crippen molar-refractivity contribution in [2.24, 2.45) is 5.92 Å². The molecule has 1 unspecified atom stereocenters. The van der Waals surface area contributed by atoms with Gasteiger partial charge < -0.3 is 10.1 Å². The fourth-order valence-corrected chi connectivity index (χ4v) is 2.83. The summed E-state index contributed by atoms with van der Waals surface area (Å²) in [6.07, 6.45) is 1.19. The standard InChI is InChI=1S/C16H25FN2O/c1-12(2)8-14-11-19(7-6-18-14)10-13-4-5-16(20-3)15(17)9-13/h4-5,9,12,14,18H,6-8,10-11H2,1-3H3. The van der Waals surface area contributed by atoms with Crippen molar-refractivity contribution in [1.29, 1.82) is 0 Å². The number of nitrogens with one attached hydrogen (secondary N) is 1. The molecule has 1 aliphatic rings. The molecule has 1 heterocycles. The lowest BCUT2D eigenvalue weighted by molar-refractivity contribution is 0.179. The third-order valence-corrected chi connectivity index (χ3v) is 3.72. The SMILES string of the molecule is COc1ccc(CN2CCNC(CC(C)C)C2)cc1F. The molecule has 1 aromatic carbocycles. The van der Waals surface area contributed by atoms with Gasteiger partial charge in [0.15, 0.2) is 11.6 Å². The molecule has 0 amide bonds. The summed E-state index contributed by atoms with van der Waals surface area (Å²) in [7, 11) is 1.49. The van der Waals surface area contributed by atoms with Crippen molar-refractivity contribution in [2.75, 3.05) is 26.7 Å². The molecule has 1 aromatic rings. The molecule has 3 nitrogen and oxygen atoms in total. The quantitative estimate of drug-likeness (QED) is 0.897. The number of piperazine rings is 1. The Morgan fingerprint density at radius 2 is 2.25 bits per heavy atom. The second-order valence-corrected chi connectivity index (χ2v) is 5.98. The van der Waals surface area contributed by atoms with Gasteiger partial charge in [-0.15, -0.1) is 0 Å². The minimum atomic E-state index is -0.279. The summed E-state index contributed by atoms with van der Waals surface area (Å²) in [6.45, 7) is 8.36. The topological polar surface area (TPSA) is 24.5 Å². The lowest BCUT2D eigenvalue weighted by Crippen LogP contribution is -2.50. The minimum absolute atomic E-state index is 0.279. The van der Waals surface area contributed by atoms with Gasteiger partial charge in [-0.1, -0.05) is 19.9 Å². The first-order valence-electron chi connectivity index (χ1n) is 7.36. The van der Waals surface area contributed by atoms with Gasteiger partial charge in [-0.2, -0.15) is 0 Å². The van der Waals surface area contributed by atoms with Crippen LogP contribution in [-0.2, 0) is 6.54 Å². The van der Waals surface area contributed by atoms with E-state index in [2.05, 4.69) is 24.1 Å². The van der Waals surface area contributed by atoms with Crippen LogP contribution in [0, 0.1) is 11.7 Å². The van der Waals surface area contributed by atoms with Crippen LogP contribution in [0.2, 0.25) is 0 Å². The van der Waals surface area contributed by atoms with E-state index in [-0.39, 0.29) is 5.82 Å². The van der Waals surface area contributed by atoms with Gasteiger partial charge in [-0.25, -0.2) is 4.39 Å². The van der Waals surface area contributed by atoms with Gasteiger partial charge in [0.2, 0.25) is 0 Å². The molecule has 2 rings (SSSR count). The molecule has 1 fully saturated rings. The maximum Gasteiger partial charge on any atom is 0.165 e. The lowest BCUT2D eigenvalue weighted by Gasteiger charge is -2.34. The summed E-state index contributed by atoms with van der Waals surface area (Å²) < 4.78 is 18.6. The van der Waals surface area contributed by atoms with Crippen molar-refractivity contribution in [3.8, 4) is 5.75 Å². The highest BCUT2D eigenvalue weighted by atomic mass is 19.1. The molecule has 0 radical (unpaired) electrons. The Hall–Kier alpha value is -1.13. The highest BCUT2D eigenvalue weighted by Crippen LogP contribution is 2.19. The van der Waals surface area contributed by atoms with Crippen LogP contribution in [0.5, 0.6) is 5.75 Å². The Kier molecular flexibility index (Phi) is 5.38.